The number of hydrogen-bond acceptors (Lipinski definition) is 6. The first-order valence-corrected chi connectivity index (χ1v) is 14.5. The summed E-state index contributed by atoms with van der Waals surface area (Å²) in [4.78, 5) is 29.0. The van der Waals surface area contributed by atoms with Gasteiger partial charge in [-0.3, -0.25) is 13.9 Å². The van der Waals surface area contributed by atoms with E-state index in [1.54, 1.807) is 12.1 Å². The molecule has 0 aromatic heterocycles. The zero-order chi connectivity index (χ0) is 28.0. The molecule has 0 aliphatic carbocycles. The van der Waals surface area contributed by atoms with Crippen molar-refractivity contribution in [2.45, 2.75) is 38.9 Å². The molecule has 0 unspecified atom stereocenters. The Morgan fingerprint density at radius 3 is 2.13 bits per heavy atom. The summed E-state index contributed by atoms with van der Waals surface area (Å²) < 4.78 is 37.6. The van der Waals surface area contributed by atoms with Crippen LogP contribution in [-0.4, -0.2) is 56.8 Å². The van der Waals surface area contributed by atoms with Gasteiger partial charge in [0.2, 0.25) is 28.6 Å². The molecule has 0 saturated carbocycles. The lowest BCUT2D eigenvalue weighted by Crippen LogP contribution is -2.54. The second-order valence-corrected chi connectivity index (χ2v) is 11.6. The minimum Gasteiger partial charge on any atom is -0.454 e. The number of ether oxygens (including phenoxy) is 2. The topological polar surface area (TPSA) is 105 Å². The Hall–Kier alpha value is -4.05. The fourth-order valence-electron chi connectivity index (χ4n) is 4.37. The minimum atomic E-state index is -3.87. The lowest BCUT2D eigenvalue weighted by atomic mass is 10.0. The molecule has 0 radical (unpaired) electrons. The first kappa shape index (κ1) is 28.0. The van der Waals surface area contributed by atoms with Crippen LogP contribution in [0.1, 0.15) is 25.0 Å². The van der Waals surface area contributed by atoms with Gasteiger partial charge in [-0.2, -0.15) is 0 Å². The van der Waals surface area contributed by atoms with Crippen LogP contribution in [0, 0.1) is 0 Å². The molecule has 0 saturated heterocycles. The molecule has 0 fully saturated rings. The number of carbonyl (C=O) groups excluding carboxylic acids is 2. The maximum absolute atomic E-state index is 14.0. The van der Waals surface area contributed by atoms with E-state index in [1.807, 2.05) is 74.5 Å². The van der Waals surface area contributed by atoms with Crippen molar-refractivity contribution in [1.29, 1.82) is 0 Å². The van der Waals surface area contributed by atoms with E-state index >= 15 is 0 Å². The first-order chi connectivity index (χ1) is 18.6. The molecule has 1 aliphatic heterocycles. The fourth-order valence-corrected chi connectivity index (χ4v) is 5.21. The van der Waals surface area contributed by atoms with Crippen LogP contribution in [0.25, 0.3) is 0 Å². The van der Waals surface area contributed by atoms with Crippen LogP contribution >= 0.6 is 0 Å². The predicted octanol–water partition coefficient (Wildman–Crippen LogP) is 3.35. The number of anilines is 1. The molecule has 3 aromatic rings. The summed E-state index contributed by atoms with van der Waals surface area (Å²) >= 11 is 0. The van der Waals surface area contributed by atoms with E-state index in [9.17, 15) is 18.0 Å². The van der Waals surface area contributed by atoms with Crippen LogP contribution in [0.4, 0.5) is 5.69 Å². The molecule has 0 bridgehead atoms. The number of fused-ring (bicyclic) bond motifs is 1. The van der Waals surface area contributed by atoms with E-state index in [1.165, 1.54) is 11.0 Å². The zero-order valence-electron chi connectivity index (χ0n) is 22.2. The van der Waals surface area contributed by atoms with E-state index in [2.05, 4.69) is 5.32 Å². The van der Waals surface area contributed by atoms with Crippen molar-refractivity contribution in [3.63, 3.8) is 0 Å². The molecule has 1 aliphatic rings. The highest BCUT2D eigenvalue weighted by Gasteiger charge is 2.33. The van der Waals surface area contributed by atoms with E-state index in [-0.39, 0.29) is 37.4 Å². The van der Waals surface area contributed by atoms with Crippen LogP contribution in [0.2, 0.25) is 0 Å². The Labute approximate surface area is 229 Å². The number of amides is 2. The molecular weight excluding hydrogens is 518 g/mol. The Bertz CT molecular complexity index is 1400. The Balaban J connectivity index is 1.71. The molecule has 9 nitrogen and oxygen atoms in total. The third kappa shape index (κ3) is 7.29. The van der Waals surface area contributed by atoms with Crippen molar-refractivity contribution in [3.8, 4) is 11.5 Å². The minimum absolute atomic E-state index is 0.0353. The molecule has 206 valence electrons. The summed E-state index contributed by atoms with van der Waals surface area (Å²) in [5.74, 6) is 0.0689. The first-order valence-electron chi connectivity index (χ1n) is 12.7. The largest absolute Gasteiger partial charge is 0.454 e. The number of nitrogens with zero attached hydrogens (tertiary/aromatic N) is 2. The number of sulfonamides is 1. The zero-order valence-corrected chi connectivity index (χ0v) is 23.1. The van der Waals surface area contributed by atoms with Crippen LogP contribution < -0.4 is 19.1 Å². The molecular formula is C29H33N3O6S. The van der Waals surface area contributed by atoms with E-state index in [0.717, 1.165) is 21.7 Å². The van der Waals surface area contributed by atoms with E-state index in [4.69, 9.17) is 9.47 Å². The van der Waals surface area contributed by atoms with Gasteiger partial charge in [0.1, 0.15) is 12.6 Å². The number of nitrogens with one attached hydrogen (secondary N) is 1. The molecule has 39 heavy (non-hydrogen) atoms. The number of rotatable bonds is 11. The standard InChI is InChI=1S/C29H33N3O6S/c1-21(2)30-29(34)25(16-22-10-6-4-7-11-22)31(18-23-12-8-5-9-13-23)28(33)19-32(39(3,35)36)24-14-15-26-27(17-24)38-20-37-26/h4-15,17,21,25H,16,18-20H2,1-3H3,(H,30,34)/t25-/m1/s1. The summed E-state index contributed by atoms with van der Waals surface area (Å²) in [5, 5.41) is 2.93. The predicted molar refractivity (Wildman–Crippen MR) is 149 cm³/mol. The lowest BCUT2D eigenvalue weighted by Gasteiger charge is -2.34. The summed E-state index contributed by atoms with van der Waals surface area (Å²) in [6.07, 6.45) is 1.31. The molecule has 2 amide bonds. The second kappa shape index (κ2) is 12.2. The molecule has 3 aromatic carbocycles. The number of hydrogen-bond donors (Lipinski definition) is 1. The number of carbonyl (C=O) groups is 2. The van der Waals surface area contributed by atoms with E-state index in [0.29, 0.717) is 11.5 Å². The molecule has 1 atom stereocenters. The van der Waals surface area contributed by atoms with Crippen molar-refractivity contribution in [2.24, 2.45) is 0 Å². The average molecular weight is 552 g/mol. The van der Waals surface area contributed by atoms with Gasteiger partial charge in [0.15, 0.2) is 11.5 Å². The van der Waals surface area contributed by atoms with Gasteiger partial charge >= 0.3 is 0 Å². The van der Waals surface area contributed by atoms with Gasteiger partial charge in [-0.25, -0.2) is 8.42 Å². The maximum Gasteiger partial charge on any atom is 0.244 e. The van der Waals surface area contributed by atoms with Gasteiger partial charge in [-0.15, -0.1) is 0 Å². The van der Waals surface area contributed by atoms with E-state index < -0.39 is 28.5 Å². The van der Waals surface area contributed by atoms with Gasteiger partial charge in [0.25, 0.3) is 0 Å². The summed E-state index contributed by atoms with van der Waals surface area (Å²) in [6, 6.07) is 22.4. The quantitative estimate of drug-likeness (QED) is 0.392. The van der Waals surface area contributed by atoms with Crippen molar-refractivity contribution in [2.75, 3.05) is 23.9 Å². The normalized spacial score (nSPS) is 13.1. The third-order valence-corrected chi connectivity index (χ3v) is 7.36. The monoisotopic (exact) mass is 551 g/mol. The van der Waals surface area contributed by atoms with Crippen LogP contribution in [-0.2, 0) is 32.6 Å². The van der Waals surface area contributed by atoms with Gasteiger partial charge in [0.05, 0.1) is 11.9 Å². The van der Waals surface area contributed by atoms with Gasteiger partial charge < -0.3 is 19.7 Å². The Kier molecular flexibility index (Phi) is 8.75. The highest BCUT2D eigenvalue weighted by molar-refractivity contribution is 7.92. The number of benzene rings is 3. The smallest absolute Gasteiger partial charge is 0.244 e. The van der Waals surface area contributed by atoms with Crippen LogP contribution in [0.3, 0.4) is 0 Å². The second-order valence-electron chi connectivity index (χ2n) is 9.68. The molecule has 10 heteroatoms. The molecule has 1 N–H and O–H groups in total. The lowest BCUT2D eigenvalue weighted by molar-refractivity contribution is -0.140. The third-order valence-electron chi connectivity index (χ3n) is 6.22. The summed E-state index contributed by atoms with van der Waals surface area (Å²) in [6.45, 7) is 3.37. The van der Waals surface area contributed by atoms with Crippen LogP contribution in [0.5, 0.6) is 11.5 Å². The SMILES string of the molecule is CC(C)NC(=O)[C@@H](Cc1ccccc1)N(Cc1ccccc1)C(=O)CN(c1ccc2c(c1)OCO2)S(C)(=O)=O. The van der Waals surface area contributed by atoms with Crippen molar-refractivity contribution in [1.82, 2.24) is 10.2 Å². The van der Waals surface area contributed by atoms with Crippen LogP contribution in [0.15, 0.2) is 78.9 Å². The Morgan fingerprint density at radius 2 is 1.51 bits per heavy atom. The average Bonchev–Trinajstić information content (AvgIpc) is 3.37. The molecule has 4 rings (SSSR count). The highest BCUT2D eigenvalue weighted by Crippen LogP contribution is 2.36. The molecule has 0 spiro atoms. The van der Waals surface area contributed by atoms with Gasteiger partial charge in [-0.1, -0.05) is 60.7 Å². The molecule has 1 heterocycles. The highest BCUT2D eigenvalue weighted by atomic mass is 32.2. The van der Waals surface area contributed by atoms with Crippen molar-refractivity contribution in [3.05, 3.63) is 90.0 Å². The van der Waals surface area contributed by atoms with Crippen molar-refractivity contribution < 1.29 is 27.5 Å². The summed E-state index contributed by atoms with van der Waals surface area (Å²) in [5.41, 5.74) is 1.96. The fraction of sp³-hybridized carbons (Fsp3) is 0.310. The maximum atomic E-state index is 14.0. The Morgan fingerprint density at radius 1 is 0.897 bits per heavy atom. The van der Waals surface area contributed by atoms with Gasteiger partial charge in [0, 0.05) is 25.1 Å². The van der Waals surface area contributed by atoms with Crippen molar-refractivity contribution >= 4 is 27.5 Å². The summed E-state index contributed by atoms with van der Waals surface area (Å²) in [7, 11) is -3.87. The van der Waals surface area contributed by atoms with Gasteiger partial charge in [-0.05, 0) is 37.1 Å².